The van der Waals surface area contributed by atoms with Gasteiger partial charge in [-0.15, -0.1) is 0 Å². The lowest BCUT2D eigenvalue weighted by molar-refractivity contribution is 0.140. The Morgan fingerprint density at radius 1 is 1.58 bits per heavy atom. The zero-order valence-electron chi connectivity index (χ0n) is 8.05. The molecule has 3 nitrogen and oxygen atoms in total. The second-order valence-electron chi connectivity index (χ2n) is 3.72. The first-order valence-electron chi connectivity index (χ1n) is 4.73. The van der Waals surface area contributed by atoms with E-state index in [1.165, 1.54) is 12.8 Å². The van der Waals surface area contributed by atoms with Gasteiger partial charge in [-0.2, -0.15) is 0 Å². The molecule has 0 aromatic carbocycles. The number of rotatable bonds is 6. The van der Waals surface area contributed by atoms with Gasteiger partial charge < -0.3 is 15.8 Å². The number of nitrogens with one attached hydrogen (secondary N) is 1. The maximum Gasteiger partial charge on any atom is 0.0503 e. The van der Waals surface area contributed by atoms with E-state index in [1.807, 2.05) is 0 Å². The molecule has 1 fully saturated rings. The Bertz CT molecular complexity index is 126. The summed E-state index contributed by atoms with van der Waals surface area (Å²) < 4.78 is 5.09. The predicted octanol–water partition coefficient (Wildman–Crippen LogP) is 0.348. The van der Waals surface area contributed by atoms with E-state index in [1.54, 1.807) is 7.11 Å². The molecule has 0 aliphatic heterocycles. The molecule has 12 heavy (non-hydrogen) atoms. The fraction of sp³-hybridized carbons (Fsp3) is 1.00. The average Bonchev–Trinajstić information content (AvgIpc) is 2.84. The molecule has 0 heterocycles. The molecule has 2 unspecified atom stereocenters. The Balaban J connectivity index is 2.21. The van der Waals surface area contributed by atoms with Crippen LogP contribution in [0.25, 0.3) is 0 Å². The third kappa shape index (κ3) is 3.09. The number of nitrogens with two attached hydrogens (primary N) is 1. The van der Waals surface area contributed by atoms with Gasteiger partial charge in [-0.05, 0) is 18.8 Å². The van der Waals surface area contributed by atoms with Crippen molar-refractivity contribution in [2.24, 2.45) is 11.7 Å². The van der Waals surface area contributed by atoms with Crippen LogP contribution in [0, 0.1) is 5.92 Å². The SMILES string of the molecule is COCC(C)C(CN)NC1CC1. The summed E-state index contributed by atoms with van der Waals surface area (Å²) in [6.07, 6.45) is 2.63. The van der Waals surface area contributed by atoms with Gasteiger partial charge in [0.1, 0.15) is 0 Å². The monoisotopic (exact) mass is 172 g/mol. The summed E-state index contributed by atoms with van der Waals surface area (Å²) in [7, 11) is 1.74. The zero-order chi connectivity index (χ0) is 8.97. The van der Waals surface area contributed by atoms with Crippen molar-refractivity contribution >= 4 is 0 Å². The minimum Gasteiger partial charge on any atom is -0.384 e. The zero-order valence-corrected chi connectivity index (χ0v) is 8.05. The van der Waals surface area contributed by atoms with E-state index in [0.717, 1.165) is 12.6 Å². The molecule has 72 valence electrons. The molecule has 0 aromatic rings. The summed E-state index contributed by atoms with van der Waals surface area (Å²) >= 11 is 0. The second kappa shape index (κ2) is 4.80. The van der Waals surface area contributed by atoms with Crippen LogP contribution >= 0.6 is 0 Å². The third-order valence-electron chi connectivity index (χ3n) is 2.40. The molecule has 1 saturated carbocycles. The molecule has 1 aliphatic rings. The van der Waals surface area contributed by atoms with Crippen LogP contribution < -0.4 is 11.1 Å². The summed E-state index contributed by atoms with van der Waals surface area (Å²) in [6.45, 7) is 3.68. The van der Waals surface area contributed by atoms with E-state index in [4.69, 9.17) is 10.5 Å². The Morgan fingerprint density at radius 2 is 2.25 bits per heavy atom. The molecule has 0 radical (unpaired) electrons. The van der Waals surface area contributed by atoms with Crippen LogP contribution in [0.4, 0.5) is 0 Å². The van der Waals surface area contributed by atoms with Crippen molar-refractivity contribution in [1.29, 1.82) is 0 Å². The maximum atomic E-state index is 5.66. The molecule has 0 spiro atoms. The van der Waals surface area contributed by atoms with Gasteiger partial charge in [-0.3, -0.25) is 0 Å². The molecule has 3 N–H and O–H groups in total. The van der Waals surface area contributed by atoms with Gasteiger partial charge in [0, 0.05) is 25.7 Å². The van der Waals surface area contributed by atoms with Crippen molar-refractivity contribution in [3.63, 3.8) is 0 Å². The highest BCUT2D eigenvalue weighted by molar-refractivity contribution is 4.87. The van der Waals surface area contributed by atoms with Crippen molar-refractivity contribution in [2.45, 2.75) is 31.8 Å². The third-order valence-corrected chi connectivity index (χ3v) is 2.40. The number of hydrogen-bond acceptors (Lipinski definition) is 3. The van der Waals surface area contributed by atoms with E-state index in [2.05, 4.69) is 12.2 Å². The maximum absolute atomic E-state index is 5.66. The first-order chi connectivity index (χ1) is 5.77. The fourth-order valence-corrected chi connectivity index (χ4v) is 1.40. The Morgan fingerprint density at radius 3 is 2.67 bits per heavy atom. The van der Waals surface area contributed by atoms with Crippen molar-refractivity contribution < 1.29 is 4.74 Å². The minimum atomic E-state index is 0.428. The Labute approximate surface area is 74.7 Å². The van der Waals surface area contributed by atoms with E-state index < -0.39 is 0 Å². The van der Waals surface area contributed by atoms with E-state index in [0.29, 0.717) is 18.5 Å². The molecular formula is C9H20N2O. The van der Waals surface area contributed by atoms with E-state index in [9.17, 15) is 0 Å². The highest BCUT2D eigenvalue weighted by Gasteiger charge is 2.26. The van der Waals surface area contributed by atoms with E-state index >= 15 is 0 Å². The van der Waals surface area contributed by atoms with Gasteiger partial charge in [-0.25, -0.2) is 0 Å². The topological polar surface area (TPSA) is 47.3 Å². The van der Waals surface area contributed by atoms with Crippen molar-refractivity contribution in [3.8, 4) is 0 Å². The predicted molar refractivity (Wildman–Crippen MR) is 50.0 cm³/mol. The van der Waals surface area contributed by atoms with Crippen molar-refractivity contribution in [3.05, 3.63) is 0 Å². The summed E-state index contributed by atoms with van der Waals surface area (Å²) in [5, 5.41) is 3.52. The lowest BCUT2D eigenvalue weighted by Crippen LogP contribution is -2.43. The van der Waals surface area contributed by atoms with Crippen LogP contribution in [0.1, 0.15) is 19.8 Å². The molecule has 0 amide bonds. The highest BCUT2D eigenvalue weighted by atomic mass is 16.5. The van der Waals surface area contributed by atoms with Crippen LogP contribution in [-0.2, 0) is 4.74 Å². The molecular weight excluding hydrogens is 152 g/mol. The van der Waals surface area contributed by atoms with Gasteiger partial charge in [0.2, 0.25) is 0 Å². The highest BCUT2D eigenvalue weighted by Crippen LogP contribution is 2.20. The standard InChI is InChI=1S/C9H20N2O/c1-7(6-12-2)9(5-10)11-8-3-4-8/h7-9,11H,3-6,10H2,1-2H3. The number of ether oxygens (including phenoxy) is 1. The van der Waals surface area contributed by atoms with Crippen LogP contribution in [-0.4, -0.2) is 32.3 Å². The summed E-state index contributed by atoms with van der Waals surface area (Å²) in [5.41, 5.74) is 5.66. The van der Waals surface area contributed by atoms with Crippen LogP contribution in [0.3, 0.4) is 0 Å². The largest absolute Gasteiger partial charge is 0.384 e. The van der Waals surface area contributed by atoms with Gasteiger partial charge >= 0.3 is 0 Å². The first-order valence-corrected chi connectivity index (χ1v) is 4.73. The normalized spacial score (nSPS) is 22.2. The van der Waals surface area contributed by atoms with Gasteiger partial charge in [0.05, 0.1) is 6.61 Å². The van der Waals surface area contributed by atoms with Crippen molar-refractivity contribution in [1.82, 2.24) is 5.32 Å². The Kier molecular flexibility index (Phi) is 3.98. The molecule has 0 bridgehead atoms. The minimum absolute atomic E-state index is 0.428. The van der Waals surface area contributed by atoms with Crippen LogP contribution in [0.5, 0.6) is 0 Å². The van der Waals surface area contributed by atoms with Crippen molar-refractivity contribution in [2.75, 3.05) is 20.3 Å². The van der Waals surface area contributed by atoms with Gasteiger partial charge in [-0.1, -0.05) is 6.92 Å². The molecule has 1 rings (SSSR count). The smallest absolute Gasteiger partial charge is 0.0503 e. The van der Waals surface area contributed by atoms with Crippen LogP contribution in [0.2, 0.25) is 0 Å². The fourth-order valence-electron chi connectivity index (χ4n) is 1.40. The molecule has 2 atom stereocenters. The Hall–Kier alpha value is -0.120. The van der Waals surface area contributed by atoms with Gasteiger partial charge in [0.15, 0.2) is 0 Å². The molecule has 0 saturated heterocycles. The summed E-state index contributed by atoms with van der Waals surface area (Å²) in [4.78, 5) is 0. The average molecular weight is 172 g/mol. The van der Waals surface area contributed by atoms with Gasteiger partial charge in [0.25, 0.3) is 0 Å². The molecule has 3 heteroatoms. The lowest BCUT2D eigenvalue weighted by atomic mass is 10.0. The summed E-state index contributed by atoms with van der Waals surface area (Å²) in [6, 6.07) is 1.16. The molecule has 0 aromatic heterocycles. The van der Waals surface area contributed by atoms with Crippen LogP contribution in [0.15, 0.2) is 0 Å². The molecule has 1 aliphatic carbocycles. The van der Waals surface area contributed by atoms with E-state index in [-0.39, 0.29) is 0 Å². The first kappa shape index (κ1) is 9.96. The number of methoxy groups -OCH3 is 1. The lowest BCUT2D eigenvalue weighted by Gasteiger charge is -2.23. The second-order valence-corrected chi connectivity index (χ2v) is 3.72. The number of hydrogen-bond donors (Lipinski definition) is 2. The summed E-state index contributed by atoms with van der Waals surface area (Å²) in [5.74, 6) is 0.514. The quantitative estimate of drug-likeness (QED) is 0.607.